The minimum absolute atomic E-state index is 0.0775. The molecule has 0 unspecified atom stereocenters. The SMILES string of the molecule is CNC(=O)c1ccc(NC[C@@H](CN2CC[C@H](O)C2)c2ccccc2)cc1. The third kappa shape index (κ3) is 4.84. The van der Waals surface area contributed by atoms with Gasteiger partial charge in [0.25, 0.3) is 5.91 Å². The second-order valence-electron chi connectivity index (χ2n) is 6.85. The number of carbonyl (C=O) groups is 1. The molecule has 0 bridgehead atoms. The first kappa shape index (κ1) is 18.4. The van der Waals surface area contributed by atoms with Crippen LogP contribution in [0.4, 0.5) is 5.69 Å². The monoisotopic (exact) mass is 353 g/mol. The van der Waals surface area contributed by atoms with E-state index in [4.69, 9.17) is 0 Å². The molecule has 5 nitrogen and oxygen atoms in total. The summed E-state index contributed by atoms with van der Waals surface area (Å²) in [5.41, 5.74) is 2.95. The number of rotatable bonds is 7. The number of nitrogens with zero attached hydrogens (tertiary/aromatic N) is 1. The quantitative estimate of drug-likeness (QED) is 0.715. The zero-order valence-electron chi connectivity index (χ0n) is 15.2. The topological polar surface area (TPSA) is 64.6 Å². The summed E-state index contributed by atoms with van der Waals surface area (Å²) in [6, 6.07) is 18.0. The summed E-state index contributed by atoms with van der Waals surface area (Å²) < 4.78 is 0. The first-order valence-corrected chi connectivity index (χ1v) is 9.17. The molecule has 0 spiro atoms. The van der Waals surface area contributed by atoms with E-state index in [0.717, 1.165) is 38.3 Å². The molecule has 0 radical (unpaired) electrons. The Balaban J connectivity index is 1.64. The Morgan fingerprint density at radius 1 is 1.19 bits per heavy atom. The van der Waals surface area contributed by atoms with Crippen LogP contribution < -0.4 is 10.6 Å². The number of β-amino-alcohol motifs (C(OH)–C–C–N with tert-alkyl or cyclic N) is 1. The Morgan fingerprint density at radius 3 is 2.54 bits per heavy atom. The van der Waals surface area contributed by atoms with Crippen LogP contribution in [0.2, 0.25) is 0 Å². The van der Waals surface area contributed by atoms with E-state index in [1.54, 1.807) is 7.05 Å². The van der Waals surface area contributed by atoms with Crippen molar-refractivity contribution in [2.75, 3.05) is 38.5 Å². The van der Waals surface area contributed by atoms with Crippen molar-refractivity contribution in [1.82, 2.24) is 10.2 Å². The maximum absolute atomic E-state index is 11.6. The fourth-order valence-corrected chi connectivity index (χ4v) is 3.43. The van der Waals surface area contributed by atoms with Gasteiger partial charge in [0.15, 0.2) is 0 Å². The Hall–Kier alpha value is -2.37. The Morgan fingerprint density at radius 2 is 1.92 bits per heavy atom. The van der Waals surface area contributed by atoms with Crippen LogP contribution in [-0.2, 0) is 0 Å². The highest BCUT2D eigenvalue weighted by molar-refractivity contribution is 5.94. The van der Waals surface area contributed by atoms with Crippen molar-refractivity contribution in [2.45, 2.75) is 18.4 Å². The molecule has 0 aliphatic carbocycles. The first-order chi connectivity index (χ1) is 12.7. The highest BCUT2D eigenvalue weighted by Crippen LogP contribution is 2.21. The number of nitrogens with one attached hydrogen (secondary N) is 2. The number of likely N-dealkylation sites (tertiary alicyclic amines) is 1. The van der Waals surface area contributed by atoms with Crippen LogP contribution in [0.5, 0.6) is 0 Å². The largest absolute Gasteiger partial charge is 0.392 e. The summed E-state index contributed by atoms with van der Waals surface area (Å²) in [7, 11) is 1.63. The Kier molecular flexibility index (Phi) is 6.26. The van der Waals surface area contributed by atoms with Crippen molar-refractivity contribution < 1.29 is 9.90 Å². The minimum atomic E-state index is -0.198. The van der Waals surface area contributed by atoms with Gasteiger partial charge in [-0.25, -0.2) is 0 Å². The number of anilines is 1. The van der Waals surface area contributed by atoms with Crippen molar-refractivity contribution in [3.8, 4) is 0 Å². The smallest absolute Gasteiger partial charge is 0.251 e. The molecule has 1 amide bonds. The van der Waals surface area contributed by atoms with Crippen LogP contribution >= 0.6 is 0 Å². The van der Waals surface area contributed by atoms with E-state index in [2.05, 4.69) is 39.8 Å². The van der Waals surface area contributed by atoms with Gasteiger partial charge < -0.3 is 15.7 Å². The summed E-state index contributed by atoms with van der Waals surface area (Å²) in [6.45, 7) is 3.43. The van der Waals surface area contributed by atoms with Gasteiger partial charge in [-0.05, 0) is 36.2 Å². The van der Waals surface area contributed by atoms with Crippen molar-refractivity contribution in [2.24, 2.45) is 0 Å². The first-order valence-electron chi connectivity index (χ1n) is 9.17. The van der Waals surface area contributed by atoms with Gasteiger partial charge in [0, 0.05) is 50.4 Å². The van der Waals surface area contributed by atoms with E-state index >= 15 is 0 Å². The van der Waals surface area contributed by atoms with Crippen LogP contribution in [0.15, 0.2) is 54.6 Å². The van der Waals surface area contributed by atoms with Crippen LogP contribution in [-0.4, -0.2) is 55.2 Å². The molecule has 2 aromatic rings. The van der Waals surface area contributed by atoms with Crippen molar-refractivity contribution in [3.05, 3.63) is 65.7 Å². The van der Waals surface area contributed by atoms with Gasteiger partial charge in [0.2, 0.25) is 0 Å². The van der Waals surface area contributed by atoms with Crippen LogP contribution in [0, 0.1) is 0 Å². The van der Waals surface area contributed by atoms with Crippen LogP contribution in [0.25, 0.3) is 0 Å². The van der Waals surface area contributed by atoms with Gasteiger partial charge in [-0.1, -0.05) is 30.3 Å². The van der Waals surface area contributed by atoms with E-state index in [1.165, 1.54) is 5.56 Å². The molecule has 0 saturated carbocycles. The molecular weight excluding hydrogens is 326 g/mol. The lowest BCUT2D eigenvalue weighted by Gasteiger charge is -2.25. The van der Waals surface area contributed by atoms with Crippen molar-refractivity contribution >= 4 is 11.6 Å². The maximum Gasteiger partial charge on any atom is 0.251 e. The summed E-state index contributed by atoms with van der Waals surface area (Å²) >= 11 is 0. The number of hydrogen-bond acceptors (Lipinski definition) is 4. The molecule has 138 valence electrons. The van der Waals surface area contributed by atoms with E-state index in [0.29, 0.717) is 11.5 Å². The Bertz CT molecular complexity index is 703. The average Bonchev–Trinajstić information content (AvgIpc) is 3.10. The molecule has 2 atom stereocenters. The lowest BCUT2D eigenvalue weighted by molar-refractivity contribution is 0.0963. The zero-order valence-corrected chi connectivity index (χ0v) is 15.2. The second kappa shape index (κ2) is 8.83. The fraction of sp³-hybridized carbons (Fsp3) is 0.381. The summed E-state index contributed by atoms with van der Waals surface area (Å²) in [4.78, 5) is 14.0. The fourth-order valence-electron chi connectivity index (χ4n) is 3.43. The minimum Gasteiger partial charge on any atom is -0.392 e. The van der Waals surface area contributed by atoms with Gasteiger partial charge >= 0.3 is 0 Å². The molecule has 26 heavy (non-hydrogen) atoms. The molecule has 3 N–H and O–H groups in total. The van der Waals surface area contributed by atoms with Gasteiger partial charge in [0.05, 0.1) is 6.10 Å². The standard InChI is InChI=1S/C21H27N3O2/c1-22-21(26)17-7-9-19(10-8-17)23-13-18(16-5-3-2-4-6-16)14-24-12-11-20(25)15-24/h2-10,18,20,23,25H,11-15H2,1H3,(H,22,26)/t18-,20-/m0/s1. The van der Waals surface area contributed by atoms with Gasteiger partial charge in [-0.3, -0.25) is 9.69 Å². The van der Waals surface area contributed by atoms with E-state index < -0.39 is 0 Å². The number of benzene rings is 2. The zero-order chi connectivity index (χ0) is 18.4. The molecule has 1 fully saturated rings. The maximum atomic E-state index is 11.6. The molecule has 1 saturated heterocycles. The summed E-state index contributed by atoms with van der Waals surface area (Å²) in [5, 5.41) is 15.9. The lowest BCUT2D eigenvalue weighted by atomic mass is 9.98. The van der Waals surface area contributed by atoms with Gasteiger partial charge in [-0.15, -0.1) is 0 Å². The third-order valence-corrected chi connectivity index (χ3v) is 4.92. The molecule has 0 aromatic heterocycles. The Labute approximate surface area is 155 Å². The molecule has 1 heterocycles. The molecule has 3 rings (SSSR count). The predicted molar refractivity (Wildman–Crippen MR) is 105 cm³/mol. The normalized spacial score (nSPS) is 18.5. The molecule has 1 aliphatic rings. The summed E-state index contributed by atoms with van der Waals surface area (Å²) in [5.74, 6) is 0.256. The second-order valence-corrected chi connectivity index (χ2v) is 6.85. The highest BCUT2D eigenvalue weighted by atomic mass is 16.3. The van der Waals surface area contributed by atoms with Crippen molar-refractivity contribution in [1.29, 1.82) is 0 Å². The van der Waals surface area contributed by atoms with E-state index in [9.17, 15) is 9.90 Å². The van der Waals surface area contributed by atoms with E-state index in [-0.39, 0.29) is 12.0 Å². The van der Waals surface area contributed by atoms with E-state index in [1.807, 2.05) is 30.3 Å². The lowest BCUT2D eigenvalue weighted by Crippen LogP contribution is -2.30. The van der Waals surface area contributed by atoms with Gasteiger partial charge in [-0.2, -0.15) is 0 Å². The van der Waals surface area contributed by atoms with Crippen molar-refractivity contribution in [3.63, 3.8) is 0 Å². The molecule has 5 heteroatoms. The number of aliphatic hydroxyl groups is 1. The third-order valence-electron chi connectivity index (χ3n) is 4.92. The number of aliphatic hydroxyl groups excluding tert-OH is 1. The average molecular weight is 353 g/mol. The van der Waals surface area contributed by atoms with Crippen LogP contribution in [0.1, 0.15) is 28.3 Å². The summed E-state index contributed by atoms with van der Waals surface area (Å²) in [6.07, 6.45) is 0.659. The number of carbonyl (C=O) groups excluding carboxylic acids is 1. The number of hydrogen-bond donors (Lipinski definition) is 3. The number of amides is 1. The van der Waals surface area contributed by atoms with Crippen LogP contribution in [0.3, 0.4) is 0 Å². The van der Waals surface area contributed by atoms with Gasteiger partial charge in [0.1, 0.15) is 0 Å². The highest BCUT2D eigenvalue weighted by Gasteiger charge is 2.23. The molecule has 1 aliphatic heterocycles. The predicted octanol–water partition coefficient (Wildman–Crippen LogP) is 2.31. The molecular formula is C21H27N3O2. The molecule has 2 aromatic carbocycles.